The molecule has 2 N–H and O–H groups in total. The zero-order chi connectivity index (χ0) is 26.3. The number of hydrogen-bond acceptors (Lipinski definition) is 6. The molecule has 4 rings (SSSR count). The van der Waals surface area contributed by atoms with Gasteiger partial charge in [-0.3, -0.25) is 14.9 Å². The number of amides is 2. The van der Waals surface area contributed by atoms with E-state index >= 15 is 0 Å². The minimum atomic E-state index is -0.750. The monoisotopic (exact) mass is 502 g/mol. The predicted octanol–water partition coefficient (Wildman–Crippen LogP) is 4.65. The second-order valence-electron chi connectivity index (χ2n) is 12.4. The van der Waals surface area contributed by atoms with E-state index in [2.05, 4.69) is 31.4 Å². The number of ketones is 1. The van der Waals surface area contributed by atoms with Crippen LogP contribution in [0.15, 0.2) is 12.2 Å². The van der Waals surface area contributed by atoms with E-state index in [1.165, 1.54) is 0 Å². The van der Waals surface area contributed by atoms with Crippen LogP contribution in [0.5, 0.6) is 0 Å². The highest BCUT2D eigenvalue weighted by molar-refractivity contribution is 5.93. The Bertz CT molecular complexity index is 898. The van der Waals surface area contributed by atoms with Gasteiger partial charge in [0, 0.05) is 42.1 Å². The summed E-state index contributed by atoms with van der Waals surface area (Å²) in [6, 6.07) is 0. The van der Waals surface area contributed by atoms with Crippen LogP contribution in [0, 0.1) is 39.9 Å². The Labute approximate surface area is 216 Å². The molecule has 8 atom stereocenters. The molecule has 7 nitrogen and oxygen atoms in total. The van der Waals surface area contributed by atoms with Crippen LogP contribution in [0.3, 0.4) is 0 Å². The van der Waals surface area contributed by atoms with Gasteiger partial charge >= 0.3 is 6.09 Å². The lowest BCUT2D eigenvalue weighted by molar-refractivity contribution is -0.189. The number of allylic oxidation sites excluding steroid dienone is 2. The summed E-state index contributed by atoms with van der Waals surface area (Å²) in [4.78, 5) is 40.2. The number of nitrogens with one attached hydrogen (secondary N) is 2. The van der Waals surface area contributed by atoms with Gasteiger partial charge in [-0.25, -0.2) is 4.79 Å². The number of alkyl carbamates (subject to hydrolysis) is 1. The average molecular weight is 503 g/mol. The van der Waals surface area contributed by atoms with Crippen molar-refractivity contribution in [3.05, 3.63) is 12.2 Å². The van der Waals surface area contributed by atoms with E-state index in [0.29, 0.717) is 19.3 Å². The number of piperidine rings is 1. The van der Waals surface area contributed by atoms with Gasteiger partial charge in [-0.05, 0) is 76.8 Å². The fourth-order valence-corrected chi connectivity index (χ4v) is 8.57. The minimum Gasteiger partial charge on any atom is -0.445 e. The molecule has 3 aliphatic carbocycles. The van der Waals surface area contributed by atoms with Crippen LogP contribution in [0.2, 0.25) is 0 Å². The SMILES string of the molecule is C/C=C\[C@]1(C)C[C@@H](OC(=O)NC(=O)C2CCNCC2)[C@]2(C)C(C)CCC3(CC[C@@H](OC)C32)[C@@H](C)C1=O. The molecule has 202 valence electrons. The van der Waals surface area contributed by atoms with E-state index < -0.39 is 17.6 Å². The molecule has 0 spiro atoms. The standard InChI is InChI=1S/C29H46N2O5/c1-7-12-27(4)17-22(36-26(34)31-25(33)20-10-15-30-16-11-20)28(5)18(2)8-13-29(19(3)24(27)32)14-9-21(35-6)23(28)29/h7,12,18-23,30H,8-11,13-17H2,1-6H3,(H,31,33,34)/b12-7-/t18?,19-,21+,22+,23?,27+,28-,29?/m0/s1. The zero-order valence-electron chi connectivity index (χ0n) is 23.0. The first-order valence-corrected chi connectivity index (χ1v) is 14.0. The van der Waals surface area contributed by atoms with Crippen molar-refractivity contribution in [3.63, 3.8) is 0 Å². The highest BCUT2D eigenvalue weighted by atomic mass is 16.6. The molecule has 0 aromatic rings. The van der Waals surface area contributed by atoms with Crippen LogP contribution in [-0.2, 0) is 19.1 Å². The zero-order valence-corrected chi connectivity index (χ0v) is 23.0. The summed E-state index contributed by atoms with van der Waals surface area (Å²) in [5.74, 6) is 0.0486. The second-order valence-corrected chi connectivity index (χ2v) is 12.4. The van der Waals surface area contributed by atoms with Gasteiger partial charge in [0.25, 0.3) is 0 Å². The van der Waals surface area contributed by atoms with Crippen molar-refractivity contribution < 1.29 is 23.9 Å². The molecule has 0 aromatic carbocycles. The molecule has 36 heavy (non-hydrogen) atoms. The topological polar surface area (TPSA) is 93.7 Å². The maximum absolute atomic E-state index is 14.1. The van der Waals surface area contributed by atoms with E-state index in [4.69, 9.17) is 9.47 Å². The fraction of sp³-hybridized carbons (Fsp3) is 0.828. The number of hydrogen-bond donors (Lipinski definition) is 2. The van der Waals surface area contributed by atoms with Gasteiger partial charge in [-0.15, -0.1) is 0 Å². The Kier molecular flexibility index (Phi) is 7.74. The van der Waals surface area contributed by atoms with Gasteiger partial charge in [0.2, 0.25) is 5.91 Å². The first kappa shape index (κ1) is 27.3. The van der Waals surface area contributed by atoms with E-state index in [-0.39, 0.29) is 52.3 Å². The lowest BCUT2D eigenvalue weighted by atomic mass is 9.44. The van der Waals surface area contributed by atoms with Crippen molar-refractivity contribution in [2.24, 2.45) is 39.9 Å². The van der Waals surface area contributed by atoms with Crippen molar-refractivity contribution in [2.45, 2.75) is 91.8 Å². The highest BCUT2D eigenvalue weighted by Gasteiger charge is 2.68. The maximum atomic E-state index is 14.1. The van der Waals surface area contributed by atoms with Gasteiger partial charge in [0.1, 0.15) is 11.9 Å². The Morgan fingerprint density at radius 1 is 1.08 bits per heavy atom. The van der Waals surface area contributed by atoms with E-state index in [1.807, 2.05) is 26.0 Å². The molecule has 7 heteroatoms. The number of carbonyl (C=O) groups is 3. The van der Waals surface area contributed by atoms with E-state index in [9.17, 15) is 14.4 Å². The summed E-state index contributed by atoms with van der Waals surface area (Å²) < 4.78 is 12.3. The van der Waals surface area contributed by atoms with Crippen LogP contribution in [0.25, 0.3) is 0 Å². The Balaban J connectivity index is 1.72. The van der Waals surface area contributed by atoms with Crippen molar-refractivity contribution >= 4 is 17.8 Å². The van der Waals surface area contributed by atoms with Crippen LogP contribution in [-0.4, -0.2) is 50.2 Å². The molecule has 3 unspecified atom stereocenters. The second kappa shape index (κ2) is 10.2. The van der Waals surface area contributed by atoms with Crippen LogP contribution in [0.4, 0.5) is 4.79 Å². The van der Waals surface area contributed by atoms with Crippen LogP contribution in [0.1, 0.15) is 79.6 Å². The van der Waals surface area contributed by atoms with Crippen molar-refractivity contribution in [1.82, 2.24) is 10.6 Å². The first-order chi connectivity index (χ1) is 17.0. The van der Waals surface area contributed by atoms with Crippen LogP contribution < -0.4 is 10.6 Å². The van der Waals surface area contributed by atoms with Gasteiger partial charge in [-0.1, -0.05) is 32.9 Å². The normalized spacial score (nSPS) is 43.5. The molecular weight excluding hydrogens is 456 g/mol. The lowest BCUT2D eigenvalue weighted by Gasteiger charge is -2.61. The summed E-state index contributed by atoms with van der Waals surface area (Å²) in [6.07, 6.45) is 8.39. The molecule has 2 bridgehead atoms. The number of Topliss-reactive ketones (excluding diaryl/α,β-unsaturated/α-hetero) is 1. The number of imide groups is 1. The third-order valence-electron chi connectivity index (χ3n) is 10.8. The molecule has 1 heterocycles. The van der Waals surface area contributed by atoms with Gasteiger partial charge in [0.05, 0.1) is 6.10 Å². The van der Waals surface area contributed by atoms with Crippen molar-refractivity contribution in [3.8, 4) is 0 Å². The molecule has 1 aliphatic heterocycles. The summed E-state index contributed by atoms with van der Waals surface area (Å²) in [5.41, 5.74) is -1.31. The fourth-order valence-electron chi connectivity index (χ4n) is 8.57. The van der Waals surface area contributed by atoms with E-state index in [0.717, 1.165) is 38.8 Å². The Morgan fingerprint density at radius 2 is 1.75 bits per heavy atom. The Hall–Kier alpha value is -1.73. The third-order valence-corrected chi connectivity index (χ3v) is 10.8. The van der Waals surface area contributed by atoms with E-state index in [1.54, 1.807) is 7.11 Å². The molecule has 0 radical (unpaired) electrons. The average Bonchev–Trinajstić information content (AvgIpc) is 3.26. The summed E-state index contributed by atoms with van der Waals surface area (Å²) in [6.45, 7) is 12.1. The number of rotatable bonds is 4. The Morgan fingerprint density at radius 3 is 2.39 bits per heavy atom. The highest BCUT2D eigenvalue weighted by Crippen LogP contribution is 2.68. The minimum absolute atomic E-state index is 0.0182. The quantitative estimate of drug-likeness (QED) is 0.544. The van der Waals surface area contributed by atoms with Crippen molar-refractivity contribution in [1.29, 1.82) is 0 Å². The number of ether oxygens (including phenoxy) is 2. The predicted molar refractivity (Wildman–Crippen MR) is 138 cm³/mol. The van der Waals surface area contributed by atoms with Crippen molar-refractivity contribution in [2.75, 3.05) is 20.2 Å². The molecule has 4 fully saturated rings. The molecule has 3 saturated carbocycles. The maximum Gasteiger partial charge on any atom is 0.414 e. The largest absolute Gasteiger partial charge is 0.445 e. The smallest absolute Gasteiger partial charge is 0.414 e. The molecule has 4 aliphatic rings. The van der Waals surface area contributed by atoms with Crippen LogP contribution >= 0.6 is 0 Å². The number of methoxy groups -OCH3 is 1. The summed E-state index contributed by atoms with van der Waals surface area (Å²) in [7, 11) is 1.77. The number of carbonyl (C=O) groups excluding carboxylic acids is 3. The van der Waals surface area contributed by atoms with Gasteiger partial charge < -0.3 is 14.8 Å². The molecule has 0 aromatic heterocycles. The third kappa shape index (κ3) is 4.34. The summed E-state index contributed by atoms with van der Waals surface area (Å²) in [5, 5.41) is 5.79. The summed E-state index contributed by atoms with van der Waals surface area (Å²) >= 11 is 0. The van der Waals surface area contributed by atoms with Gasteiger partial charge in [-0.2, -0.15) is 0 Å². The molecule has 1 saturated heterocycles. The molecule has 2 amide bonds. The van der Waals surface area contributed by atoms with Gasteiger partial charge in [0.15, 0.2) is 0 Å². The lowest BCUT2D eigenvalue weighted by Crippen LogP contribution is -2.63. The molecular formula is C29H46N2O5. The first-order valence-electron chi connectivity index (χ1n) is 14.0.